The first-order valence-corrected chi connectivity index (χ1v) is 11.2. The second-order valence-corrected chi connectivity index (χ2v) is 9.54. The number of nitrogens with zero attached hydrogens (tertiary/aromatic N) is 2. The highest BCUT2D eigenvalue weighted by atomic mass is 19.4. The Morgan fingerprint density at radius 3 is 2.41 bits per heavy atom. The number of methoxy groups -OCH3 is 1. The number of alkyl halides is 3. The highest BCUT2D eigenvalue weighted by Gasteiger charge is 2.66. The SMILES string of the molecule is COC1CCC2(CC1)Cc1ccc(-c3cc(F)cc(C(F)(F)F)c3)cc1C21N=C(N)N(C)C1=O. The monoisotopic (exact) mass is 475 g/mol. The van der Waals surface area contributed by atoms with Crippen molar-refractivity contribution in [3.63, 3.8) is 0 Å². The van der Waals surface area contributed by atoms with E-state index in [9.17, 15) is 22.4 Å². The maximum absolute atomic E-state index is 14.1. The third-order valence-corrected chi connectivity index (χ3v) is 7.82. The first-order valence-electron chi connectivity index (χ1n) is 11.2. The van der Waals surface area contributed by atoms with Crippen LogP contribution >= 0.6 is 0 Å². The zero-order valence-corrected chi connectivity index (χ0v) is 18.9. The summed E-state index contributed by atoms with van der Waals surface area (Å²) in [6.07, 6.45) is -1.04. The predicted octanol–water partition coefficient (Wildman–Crippen LogP) is 4.63. The third-order valence-electron chi connectivity index (χ3n) is 7.82. The minimum Gasteiger partial charge on any atom is -0.381 e. The van der Waals surface area contributed by atoms with Gasteiger partial charge in [0.15, 0.2) is 11.5 Å². The van der Waals surface area contributed by atoms with Crippen LogP contribution in [0.3, 0.4) is 0 Å². The lowest BCUT2D eigenvalue weighted by atomic mass is 9.61. The number of fused-ring (bicyclic) bond motifs is 3. The molecule has 0 radical (unpaired) electrons. The predicted molar refractivity (Wildman–Crippen MR) is 118 cm³/mol. The Kier molecular flexibility index (Phi) is 5.06. The number of rotatable bonds is 2. The molecular weight excluding hydrogens is 450 g/mol. The highest BCUT2D eigenvalue weighted by molar-refractivity contribution is 6.08. The molecule has 0 bridgehead atoms. The number of nitrogens with two attached hydrogens (primary N) is 1. The van der Waals surface area contributed by atoms with Crippen molar-refractivity contribution in [2.75, 3.05) is 14.2 Å². The van der Waals surface area contributed by atoms with Gasteiger partial charge in [-0.25, -0.2) is 9.38 Å². The van der Waals surface area contributed by atoms with E-state index >= 15 is 0 Å². The summed E-state index contributed by atoms with van der Waals surface area (Å²) in [6.45, 7) is 0. The Morgan fingerprint density at radius 1 is 1.12 bits per heavy atom. The van der Waals surface area contributed by atoms with E-state index in [0.29, 0.717) is 36.5 Å². The molecular formula is C25H25F4N3O2. The van der Waals surface area contributed by atoms with Crippen LogP contribution in [0.4, 0.5) is 17.6 Å². The van der Waals surface area contributed by atoms with Crippen molar-refractivity contribution >= 4 is 11.9 Å². The van der Waals surface area contributed by atoms with Crippen LogP contribution in [-0.4, -0.2) is 37.0 Å². The van der Waals surface area contributed by atoms with E-state index in [1.807, 2.05) is 6.07 Å². The molecule has 2 spiro atoms. The van der Waals surface area contributed by atoms with Gasteiger partial charge in [0.1, 0.15) is 5.82 Å². The number of carbonyl (C=O) groups is 1. The molecule has 34 heavy (non-hydrogen) atoms. The lowest BCUT2D eigenvalue weighted by Crippen LogP contribution is -2.51. The van der Waals surface area contributed by atoms with E-state index in [1.54, 1.807) is 26.3 Å². The van der Waals surface area contributed by atoms with Crippen LogP contribution in [0.5, 0.6) is 0 Å². The van der Waals surface area contributed by atoms with Gasteiger partial charge < -0.3 is 10.5 Å². The molecule has 1 heterocycles. The van der Waals surface area contributed by atoms with Crippen molar-refractivity contribution in [2.24, 2.45) is 16.1 Å². The van der Waals surface area contributed by atoms with Gasteiger partial charge in [-0.15, -0.1) is 0 Å². The molecule has 180 valence electrons. The van der Waals surface area contributed by atoms with Gasteiger partial charge in [0, 0.05) is 19.6 Å². The highest BCUT2D eigenvalue weighted by Crippen LogP contribution is 2.62. The number of halogens is 4. The second-order valence-electron chi connectivity index (χ2n) is 9.54. The molecule has 0 saturated heterocycles. The van der Waals surface area contributed by atoms with Crippen molar-refractivity contribution in [2.45, 2.75) is 49.9 Å². The standard InChI is InChI=1S/C25H25F4N3O2/c1-32-21(33)24(31-22(32)30)20-11-14(16-9-17(25(27,28)29)12-18(26)10-16)3-4-15(20)13-23(24)7-5-19(34-2)6-8-23/h3-4,9-12,19H,5-8,13H2,1-2H3,(H2,30,31). The minimum atomic E-state index is -4.68. The summed E-state index contributed by atoms with van der Waals surface area (Å²) >= 11 is 0. The lowest BCUT2D eigenvalue weighted by Gasteiger charge is -2.45. The summed E-state index contributed by atoms with van der Waals surface area (Å²) in [4.78, 5) is 19.8. The van der Waals surface area contributed by atoms with Crippen molar-refractivity contribution in [1.82, 2.24) is 4.90 Å². The summed E-state index contributed by atoms with van der Waals surface area (Å²) in [5.41, 5.74) is 5.32. The summed E-state index contributed by atoms with van der Waals surface area (Å²) in [6, 6.07) is 7.65. The van der Waals surface area contributed by atoms with Crippen LogP contribution in [-0.2, 0) is 27.7 Å². The Hall–Kier alpha value is -2.94. The Morgan fingerprint density at radius 2 is 1.82 bits per heavy atom. The van der Waals surface area contributed by atoms with Crippen LogP contribution in [0.25, 0.3) is 11.1 Å². The molecule has 2 aliphatic carbocycles. The van der Waals surface area contributed by atoms with Crippen molar-refractivity contribution < 1.29 is 27.1 Å². The number of likely N-dealkylation sites (N-methyl/N-ethyl adjacent to an activating group) is 1. The molecule has 1 amide bonds. The number of hydrogen-bond donors (Lipinski definition) is 1. The molecule has 1 unspecified atom stereocenters. The van der Waals surface area contributed by atoms with Gasteiger partial charge in [-0.1, -0.05) is 12.1 Å². The van der Waals surface area contributed by atoms with Crippen molar-refractivity contribution in [1.29, 1.82) is 0 Å². The summed E-state index contributed by atoms with van der Waals surface area (Å²) in [5, 5.41) is 0. The summed E-state index contributed by atoms with van der Waals surface area (Å²) in [5.74, 6) is -1.11. The Labute approximate surface area is 194 Å². The molecule has 1 atom stereocenters. The molecule has 2 aromatic carbocycles. The topological polar surface area (TPSA) is 67.9 Å². The zero-order valence-electron chi connectivity index (χ0n) is 18.9. The van der Waals surface area contributed by atoms with E-state index in [2.05, 4.69) is 0 Å². The van der Waals surface area contributed by atoms with Crippen LogP contribution < -0.4 is 5.73 Å². The molecule has 2 aromatic rings. The average Bonchev–Trinajstić information content (AvgIpc) is 3.19. The molecule has 5 nitrogen and oxygen atoms in total. The number of aliphatic imine (C=N–C) groups is 1. The lowest BCUT2D eigenvalue weighted by molar-refractivity contribution is -0.138. The van der Waals surface area contributed by atoms with Gasteiger partial charge in [-0.05, 0) is 78.6 Å². The van der Waals surface area contributed by atoms with Crippen molar-refractivity contribution in [3.8, 4) is 11.1 Å². The van der Waals surface area contributed by atoms with Gasteiger partial charge in [0.25, 0.3) is 5.91 Å². The van der Waals surface area contributed by atoms with Crippen LogP contribution in [0.15, 0.2) is 41.4 Å². The maximum Gasteiger partial charge on any atom is 0.416 e. The van der Waals surface area contributed by atoms with Crippen LogP contribution in [0.1, 0.15) is 42.4 Å². The second kappa shape index (κ2) is 7.53. The quantitative estimate of drug-likeness (QED) is 0.645. The van der Waals surface area contributed by atoms with E-state index in [4.69, 9.17) is 15.5 Å². The van der Waals surface area contributed by atoms with Gasteiger partial charge >= 0.3 is 6.18 Å². The Balaban J connectivity index is 1.67. The molecule has 1 saturated carbocycles. The number of guanidine groups is 1. The molecule has 9 heteroatoms. The normalized spacial score (nSPS) is 28.6. The van der Waals surface area contributed by atoms with E-state index in [0.717, 1.165) is 30.5 Å². The number of ether oxygens (including phenoxy) is 1. The molecule has 1 aliphatic heterocycles. The van der Waals surface area contributed by atoms with Gasteiger partial charge in [-0.2, -0.15) is 13.2 Å². The molecule has 3 aliphatic rings. The summed E-state index contributed by atoms with van der Waals surface area (Å²) in [7, 11) is 3.25. The van der Waals surface area contributed by atoms with Gasteiger partial charge in [0.2, 0.25) is 0 Å². The fourth-order valence-corrected chi connectivity index (χ4v) is 6.03. The molecule has 0 aromatic heterocycles. The first-order chi connectivity index (χ1) is 16.0. The third kappa shape index (κ3) is 3.16. The summed E-state index contributed by atoms with van der Waals surface area (Å²) < 4.78 is 59.6. The Bertz CT molecular complexity index is 1200. The fourth-order valence-electron chi connectivity index (χ4n) is 6.03. The average molecular weight is 475 g/mol. The maximum atomic E-state index is 14.1. The smallest absolute Gasteiger partial charge is 0.381 e. The van der Waals surface area contributed by atoms with Crippen LogP contribution in [0.2, 0.25) is 0 Å². The van der Waals surface area contributed by atoms with E-state index in [-0.39, 0.29) is 23.5 Å². The fraction of sp³-hybridized carbons (Fsp3) is 0.440. The number of hydrogen-bond acceptors (Lipinski definition) is 4. The van der Waals surface area contributed by atoms with Crippen LogP contribution in [0, 0.1) is 11.2 Å². The van der Waals surface area contributed by atoms with E-state index < -0.39 is 28.5 Å². The first kappa shape index (κ1) is 22.8. The molecule has 5 rings (SSSR count). The minimum absolute atomic E-state index is 0.0880. The number of benzene rings is 2. The largest absolute Gasteiger partial charge is 0.416 e. The van der Waals surface area contributed by atoms with E-state index in [1.165, 1.54) is 4.90 Å². The number of amides is 1. The molecule has 1 fully saturated rings. The number of carbonyl (C=O) groups excluding carboxylic acids is 1. The van der Waals surface area contributed by atoms with Gasteiger partial charge in [-0.3, -0.25) is 9.69 Å². The van der Waals surface area contributed by atoms with Gasteiger partial charge in [0.05, 0.1) is 11.7 Å². The molecule has 2 N–H and O–H groups in total. The zero-order chi connectivity index (χ0) is 24.5. The van der Waals surface area contributed by atoms with Crippen molar-refractivity contribution in [3.05, 3.63) is 58.9 Å².